The van der Waals surface area contributed by atoms with Gasteiger partial charge in [0.05, 0.1) is 12.1 Å². The van der Waals surface area contributed by atoms with Gasteiger partial charge >= 0.3 is 0 Å². The minimum Gasteiger partial charge on any atom is -0.305 e. The lowest BCUT2D eigenvalue weighted by molar-refractivity contribution is 0.347. The number of rotatable bonds is 3. The highest BCUT2D eigenvalue weighted by molar-refractivity contribution is 7.89. The number of nitrogens with one attached hydrogen (secondary N) is 1. The van der Waals surface area contributed by atoms with Gasteiger partial charge in [-0.1, -0.05) is 0 Å². The predicted molar refractivity (Wildman–Crippen MR) is 69.0 cm³/mol. The molecule has 0 amide bonds. The molecular weight excluding hydrogens is 276 g/mol. The molecule has 6 nitrogen and oxygen atoms in total. The molecule has 0 radical (unpaired) electrons. The van der Waals surface area contributed by atoms with Crippen molar-refractivity contribution >= 4 is 21.6 Å². The molecule has 2 heterocycles. The number of alkyl halides is 1. The minimum absolute atomic E-state index is 0.127. The maximum Gasteiger partial charge on any atom is 0.260 e. The summed E-state index contributed by atoms with van der Waals surface area (Å²) in [4.78, 5) is 2.13. The van der Waals surface area contributed by atoms with Crippen LogP contribution in [0.5, 0.6) is 0 Å². The van der Waals surface area contributed by atoms with Crippen molar-refractivity contribution in [2.45, 2.75) is 17.3 Å². The van der Waals surface area contributed by atoms with Crippen LogP contribution in [0.4, 0.5) is 0 Å². The molecule has 0 spiro atoms. The second-order valence-corrected chi connectivity index (χ2v) is 6.56. The summed E-state index contributed by atoms with van der Waals surface area (Å²) in [7, 11) is -1.51. The van der Waals surface area contributed by atoms with E-state index < -0.39 is 10.0 Å². The number of nitrogens with zero attached hydrogens (tertiary/aromatic N) is 3. The van der Waals surface area contributed by atoms with Gasteiger partial charge in [0.1, 0.15) is 0 Å². The fourth-order valence-electron chi connectivity index (χ4n) is 2.01. The molecule has 0 unspecified atom stereocenters. The monoisotopic (exact) mass is 292 g/mol. The molecule has 1 aliphatic rings. The van der Waals surface area contributed by atoms with Crippen LogP contribution >= 0.6 is 11.6 Å². The predicted octanol–water partition coefficient (Wildman–Crippen LogP) is 0.475. The quantitative estimate of drug-likeness (QED) is 0.823. The Morgan fingerprint density at radius 1 is 1.39 bits per heavy atom. The first-order valence-corrected chi connectivity index (χ1v) is 7.80. The van der Waals surface area contributed by atoms with Crippen LogP contribution in [-0.4, -0.2) is 61.0 Å². The zero-order valence-electron chi connectivity index (χ0n) is 10.3. The van der Waals surface area contributed by atoms with Gasteiger partial charge in [-0.2, -0.15) is 9.40 Å². The maximum atomic E-state index is 12.5. The molecule has 1 aromatic rings. The van der Waals surface area contributed by atoms with Crippen molar-refractivity contribution in [3.05, 3.63) is 11.8 Å². The minimum atomic E-state index is -3.50. The highest BCUT2D eigenvalue weighted by Gasteiger charge is 2.29. The highest BCUT2D eigenvalue weighted by Crippen LogP contribution is 2.20. The molecule has 0 atom stereocenters. The van der Waals surface area contributed by atoms with E-state index in [1.54, 1.807) is 0 Å². The van der Waals surface area contributed by atoms with Gasteiger partial charge in [-0.05, 0) is 20.0 Å². The largest absolute Gasteiger partial charge is 0.305 e. The Morgan fingerprint density at radius 2 is 2.17 bits per heavy atom. The Kier molecular flexibility index (Phi) is 4.26. The van der Waals surface area contributed by atoms with Gasteiger partial charge in [0.25, 0.3) is 10.0 Å². The standard InChI is InChI=1S/C10H17ClN4O2S/c1-14-3-2-4-15(6-5-14)18(16,17)10-9(7-11)8-12-13-10/h8H,2-7H2,1H3,(H,12,13). The summed E-state index contributed by atoms with van der Waals surface area (Å²) in [6, 6.07) is 0. The summed E-state index contributed by atoms with van der Waals surface area (Å²) in [5.41, 5.74) is 0.522. The summed E-state index contributed by atoms with van der Waals surface area (Å²) < 4.78 is 26.4. The van der Waals surface area contributed by atoms with Crippen LogP contribution in [0.2, 0.25) is 0 Å². The Hall–Kier alpha value is -0.630. The molecule has 0 saturated carbocycles. The van der Waals surface area contributed by atoms with Gasteiger partial charge < -0.3 is 4.90 Å². The van der Waals surface area contributed by atoms with E-state index in [4.69, 9.17) is 11.6 Å². The third kappa shape index (κ3) is 2.69. The summed E-state index contributed by atoms with van der Waals surface area (Å²) in [6.45, 7) is 2.69. The van der Waals surface area contributed by atoms with E-state index in [0.29, 0.717) is 18.7 Å². The zero-order chi connectivity index (χ0) is 13.2. The normalized spacial score (nSPS) is 19.9. The molecule has 1 aliphatic heterocycles. The van der Waals surface area contributed by atoms with E-state index in [-0.39, 0.29) is 10.9 Å². The third-order valence-electron chi connectivity index (χ3n) is 3.10. The van der Waals surface area contributed by atoms with Crippen LogP contribution in [0.25, 0.3) is 0 Å². The number of hydrogen-bond acceptors (Lipinski definition) is 4. The van der Waals surface area contributed by atoms with Crippen LogP contribution in [0, 0.1) is 0 Å². The smallest absolute Gasteiger partial charge is 0.260 e. The van der Waals surface area contributed by atoms with Crippen molar-refractivity contribution in [3.8, 4) is 0 Å². The molecule has 2 rings (SSSR count). The number of halogens is 1. The van der Waals surface area contributed by atoms with E-state index in [1.807, 2.05) is 7.05 Å². The fourth-order valence-corrected chi connectivity index (χ4v) is 3.87. The summed E-state index contributed by atoms with van der Waals surface area (Å²) >= 11 is 5.72. The van der Waals surface area contributed by atoms with Crippen LogP contribution in [0.3, 0.4) is 0 Å². The summed E-state index contributed by atoms with van der Waals surface area (Å²) in [6.07, 6.45) is 2.30. The number of hydrogen-bond donors (Lipinski definition) is 1. The SMILES string of the molecule is CN1CCCN(S(=O)(=O)c2[nH]ncc2CCl)CC1. The second kappa shape index (κ2) is 5.56. The molecule has 8 heteroatoms. The van der Waals surface area contributed by atoms with Crippen molar-refractivity contribution < 1.29 is 8.42 Å². The lowest BCUT2D eigenvalue weighted by atomic mass is 10.4. The van der Waals surface area contributed by atoms with E-state index in [9.17, 15) is 8.42 Å². The van der Waals surface area contributed by atoms with Gasteiger partial charge in [-0.25, -0.2) is 8.42 Å². The molecular formula is C10H17ClN4O2S. The number of sulfonamides is 1. The second-order valence-electron chi connectivity index (χ2n) is 4.42. The maximum absolute atomic E-state index is 12.5. The number of H-pyrrole nitrogens is 1. The molecule has 0 aromatic carbocycles. The first kappa shape index (κ1) is 13.8. The molecule has 1 N–H and O–H groups in total. The summed E-state index contributed by atoms with van der Waals surface area (Å²) in [5, 5.41) is 6.44. The Morgan fingerprint density at radius 3 is 2.89 bits per heavy atom. The van der Waals surface area contributed by atoms with Crippen molar-refractivity contribution in [2.75, 3.05) is 33.2 Å². The summed E-state index contributed by atoms with van der Waals surface area (Å²) in [5.74, 6) is 0.138. The molecule has 1 fully saturated rings. The van der Waals surface area contributed by atoms with E-state index in [0.717, 1.165) is 19.5 Å². The van der Waals surface area contributed by atoms with Crippen molar-refractivity contribution in [1.82, 2.24) is 19.4 Å². The van der Waals surface area contributed by atoms with Gasteiger partial charge in [0.2, 0.25) is 0 Å². The van der Waals surface area contributed by atoms with Crippen LogP contribution in [0.1, 0.15) is 12.0 Å². The highest BCUT2D eigenvalue weighted by atomic mass is 35.5. The molecule has 18 heavy (non-hydrogen) atoms. The van der Waals surface area contributed by atoms with Gasteiger partial charge in [0, 0.05) is 25.2 Å². The average Bonchev–Trinajstić information content (AvgIpc) is 2.72. The van der Waals surface area contributed by atoms with Crippen molar-refractivity contribution in [1.29, 1.82) is 0 Å². The molecule has 1 saturated heterocycles. The molecule has 0 aliphatic carbocycles. The van der Waals surface area contributed by atoms with Crippen molar-refractivity contribution in [2.24, 2.45) is 0 Å². The van der Waals surface area contributed by atoms with E-state index >= 15 is 0 Å². The fraction of sp³-hybridized carbons (Fsp3) is 0.700. The van der Waals surface area contributed by atoms with Crippen molar-refractivity contribution in [3.63, 3.8) is 0 Å². The number of aromatic nitrogens is 2. The Labute approximate surface area is 112 Å². The number of likely N-dealkylation sites (N-methyl/N-ethyl adjacent to an activating group) is 1. The van der Waals surface area contributed by atoms with E-state index in [2.05, 4.69) is 15.1 Å². The van der Waals surface area contributed by atoms with Crippen LogP contribution in [0.15, 0.2) is 11.2 Å². The first-order valence-electron chi connectivity index (χ1n) is 5.82. The van der Waals surface area contributed by atoms with E-state index in [1.165, 1.54) is 10.5 Å². The van der Waals surface area contributed by atoms with Crippen LogP contribution in [-0.2, 0) is 15.9 Å². The molecule has 102 valence electrons. The Bertz CT molecular complexity index is 502. The molecule has 1 aromatic heterocycles. The van der Waals surface area contributed by atoms with Gasteiger partial charge in [0.15, 0.2) is 5.03 Å². The Balaban J connectivity index is 2.25. The number of aromatic amines is 1. The van der Waals surface area contributed by atoms with Gasteiger partial charge in [-0.3, -0.25) is 5.10 Å². The van der Waals surface area contributed by atoms with Gasteiger partial charge in [-0.15, -0.1) is 11.6 Å². The molecule has 0 bridgehead atoms. The zero-order valence-corrected chi connectivity index (χ0v) is 11.8. The average molecular weight is 293 g/mol. The lowest BCUT2D eigenvalue weighted by Crippen LogP contribution is -2.35. The lowest BCUT2D eigenvalue weighted by Gasteiger charge is -2.19. The third-order valence-corrected chi connectivity index (χ3v) is 5.30. The first-order chi connectivity index (χ1) is 8.55. The van der Waals surface area contributed by atoms with Crippen LogP contribution < -0.4 is 0 Å². The topological polar surface area (TPSA) is 69.3 Å².